The highest BCUT2D eigenvalue weighted by molar-refractivity contribution is 6.07. The summed E-state index contributed by atoms with van der Waals surface area (Å²) in [4.78, 5) is 12.3. The topological polar surface area (TPSA) is 30.2 Å². The van der Waals surface area contributed by atoms with Gasteiger partial charge in [0.15, 0.2) is 5.78 Å². The lowest BCUT2D eigenvalue weighted by molar-refractivity contribution is 0.0951. The van der Waals surface area contributed by atoms with Crippen LogP contribution in [0.25, 0.3) is 11.0 Å². The molecule has 1 aromatic heterocycles. The molecule has 2 nitrogen and oxygen atoms in total. The molecule has 94 valence electrons. The van der Waals surface area contributed by atoms with Crippen LogP contribution in [-0.4, -0.2) is 5.78 Å². The highest BCUT2D eigenvalue weighted by Crippen LogP contribution is 2.29. The Balaban J connectivity index is 1.79. The molecule has 0 bridgehead atoms. The Labute approximate surface area is 107 Å². The molecular weight excluding hydrogens is 224 g/mol. The van der Waals surface area contributed by atoms with Crippen molar-refractivity contribution in [3.8, 4) is 0 Å². The minimum atomic E-state index is 0.242. The first-order chi connectivity index (χ1) is 8.84. The van der Waals surface area contributed by atoms with Gasteiger partial charge in [-0.25, -0.2) is 0 Å². The Morgan fingerprint density at radius 3 is 2.78 bits per heavy atom. The van der Waals surface area contributed by atoms with Gasteiger partial charge in [0, 0.05) is 11.8 Å². The molecule has 0 unspecified atom stereocenters. The van der Waals surface area contributed by atoms with E-state index in [2.05, 4.69) is 0 Å². The van der Waals surface area contributed by atoms with Crippen molar-refractivity contribution in [1.29, 1.82) is 0 Å². The van der Waals surface area contributed by atoms with Gasteiger partial charge in [-0.05, 0) is 12.0 Å². The summed E-state index contributed by atoms with van der Waals surface area (Å²) in [5.74, 6) is 0.826. The van der Waals surface area contributed by atoms with E-state index in [1.165, 1.54) is 32.1 Å². The monoisotopic (exact) mass is 242 g/mol. The van der Waals surface area contributed by atoms with Crippen LogP contribution in [0.4, 0.5) is 0 Å². The number of para-hydroxylation sites is 1. The third-order valence-corrected chi connectivity index (χ3v) is 3.98. The first kappa shape index (κ1) is 11.5. The molecule has 1 saturated carbocycles. The Morgan fingerprint density at radius 2 is 1.94 bits per heavy atom. The minimum absolute atomic E-state index is 0.242. The number of carbonyl (C=O) groups excluding carboxylic acids is 1. The van der Waals surface area contributed by atoms with Crippen molar-refractivity contribution in [1.82, 2.24) is 0 Å². The van der Waals surface area contributed by atoms with E-state index in [9.17, 15) is 4.79 Å². The van der Waals surface area contributed by atoms with Gasteiger partial charge in [0.1, 0.15) is 11.8 Å². The number of rotatable bonds is 3. The fraction of sp³-hybridized carbons (Fsp3) is 0.438. The first-order valence-corrected chi connectivity index (χ1v) is 6.84. The molecule has 0 spiro atoms. The quantitative estimate of drug-likeness (QED) is 0.737. The van der Waals surface area contributed by atoms with E-state index in [1.54, 1.807) is 6.26 Å². The molecule has 18 heavy (non-hydrogen) atoms. The maximum absolute atomic E-state index is 12.3. The lowest BCUT2D eigenvalue weighted by Gasteiger charge is -2.20. The number of carbonyl (C=O) groups is 1. The molecule has 0 amide bonds. The van der Waals surface area contributed by atoms with E-state index >= 15 is 0 Å². The van der Waals surface area contributed by atoms with E-state index in [0.717, 1.165) is 16.5 Å². The zero-order chi connectivity index (χ0) is 12.4. The standard InChI is InChI=1S/C16H18O2/c17-15(10-12-6-2-1-3-7-12)14-11-18-16-9-5-4-8-13(14)16/h4-5,8-9,11-12H,1-3,6-7,10H2. The second-order valence-corrected chi connectivity index (χ2v) is 5.28. The van der Waals surface area contributed by atoms with E-state index in [4.69, 9.17) is 4.42 Å². The number of hydrogen-bond donors (Lipinski definition) is 0. The Bertz CT molecular complexity index is 547. The normalized spacial score (nSPS) is 17.1. The molecular formula is C16H18O2. The summed E-state index contributed by atoms with van der Waals surface area (Å²) in [5.41, 5.74) is 1.57. The van der Waals surface area contributed by atoms with Crippen LogP contribution < -0.4 is 0 Å². The van der Waals surface area contributed by atoms with Crippen LogP contribution in [0, 0.1) is 5.92 Å². The number of Topliss-reactive ketones (excluding diaryl/α,β-unsaturated/α-hetero) is 1. The second kappa shape index (κ2) is 4.97. The van der Waals surface area contributed by atoms with Gasteiger partial charge in [0.05, 0.1) is 5.56 Å². The smallest absolute Gasteiger partial charge is 0.167 e. The van der Waals surface area contributed by atoms with Gasteiger partial charge in [-0.15, -0.1) is 0 Å². The van der Waals surface area contributed by atoms with Crippen LogP contribution in [0.3, 0.4) is 0 Å². The predicted molar refractivity (Wildman–Crippen MR) is 71.7 cm³/mol. The summed E-state index contributed by atoms with van der Waals surface area (Å²) < 4.78 is 5.44. The maximum Gasteiger partial charge on any atom is 0.167 e. The summed E-state index contributed by atoms with van der Waals surface area (Å²) in [6.45, 7) is 0. The van der Waals surface area contributed by atoms with Crippen molar-refractivity contribution in [2.45, 2.75) is 38.5 Å². The molecule has 1 aromatic carbocycles. The molecule has 0 radical (unpaired) electrons. The van der Waals surface area contributed by atoms with Gasteiger partial charge in [-0.2, -0.15) is 0 Å². The summed E-state index contributed by atoms with van der Waals surface area (Å²) in [6, 6.07) is 7.76. The van der Waals surface area contributed by atoms with Crippen molar-refractivity contribution < 1.29 is 9.21 Å². The largest absolute Gasteiger partial charge is 0.464 e. The van der Waals surface area contributed by atoms with E-state index in [0.29, 0.717) is 12.3 Å². The fourth-order valence-electron chi connectivity index (χ4n) is 2.96. The summed E-state index contributed by atoms with van der Waals surface area (Å²) >= 11 is 0. The van der Waals surface area contributed by atoms with Crippen LogP contribution in [0.2, 0.25) is 0 Å². The lowest BCUT2D eigenvalue weighted by atomic mass is 9.85. The average Bonchev–Trinajstić information content (AvgIpc) is 2.84. The zero-order valence-electron chi connectivity index (χ0n) is 10.5. The van der Waals surface area contributed by atoms with Crippen molar-refractivity contribution in [3.63, 3.8) is 0 Å². The van der Waals surface area contributed by atoms with Gasteiger partial charge in [-0.1, -0.05) is 50.3 Å². The Kier molecular flexibility index (Phi) is 3.18. The lowest BCUT2D eigenvalue weighted by Crippen LogP contribution is -2.11. The molecule has 1 fully saturated rings. The molecule has 3 rings (SSSR count). The number of fused-ring (bicyclic) bond motifs is 1. The fourth-order valence-corrected chi connectivity index (χ4v) is 2.96. The second-order valence-electron chi connectivity index (χ2n) is 5.28. The van der Waals surface area contributed by atoms with Crippen molar-refractivity contribution >= 4 is 16.8 Å². The highest BCUT2D eigenvalue weighted by atomic mass is 16.3. The minimum Gasteiger partial charge on any atom is -0.464 e. The van der Waals surface area contributed by atoms with Crippen LogP contribution >= 0.6 is 0 Å². The van der Waals surface area contributed by atoms with Crippen molar-refractivity contribution in [3.05, 3.63) is 36.1 Å². The number of ketones is 1. The van der Waals surface area contributed by atoms with Crippen LogP contribution in [0.1, 0.15) is 48.9 Å². The van der Waals surface area contributed by atoms with Crippen LogP contribution in [-0.2, 0) is 0 Å². The van der Waals surface area contributed by atoms with Crippen molar-refractivity contribution in [2.24, 2.45) is 5.92 Å². The van der Waals surface area contributed by atoms with Crippen LogP contribution in [0.15, 0.2) is 34.9 Å². The highest BCUT2D eigenvalue weighted by Gasteiger charge is 2.20. The molecule has 1 aliphatic rings. The van der Waals surface area contributed by atoms with E-state index < -0.39 is 0 Å². The summed E-state index contributed by atoms with van der Waals surface area (Å²) in [7, 11) is 0. The van der Waals surface area contributed by atoms with Gasteiger partial charge in [-0.3, -0.25) is 4.79 Å². The van der Waals surface area contributed by atoms with Gasteiger partial charge in [0.2, 0.25) is 0 Å². The zero-order valence-corrected chi connectivity index (χ0v) is 10.5. The number of furan rings is 1. The molecule has 1 aliphatic carbocycles. The van der Waals surface area contributed by atoms with Gasteiger partial charge >= 0.3 is 0 Å². The molecule has 1 heterocycles. The summed E-state index contributed by atoms with van der Waals surface area (Å²) in [6.07, 6.45) is 8.62. The number of benzene rings is 1. The molecule has 0 atom stereocenters. The molecule has 0 saturated heterocycles. The third kappa shape index (κ3) is 2.20. The Hall–Kier alpha value is -1.57. The van der Waals surface area contributed by atoms with Crippen LogP contribution in [0.5, 0.6) is 0 Å². The maximum atomic E-state index is 12.3. The van der Waals surface area contributed by atoms with E-state index in [1.807, 2.05) is 24.3 Å². The van der Waals surface area contributed by atoms with Gasteiger partial charge < -0.3 is 4.42 Å². The Morgan fingerprint density at radius 1 is 1.17 bits per heavy atom. The molecule has 2 aromatic rings. The van der Waals surface area contributed by atoms with Gasteiger partial charge in [0.25, 0.3) is 0 Å². The van der Waals surface area contributed by atoms with Crippen molar-refractivity contribution in [2.75, 3.05) is 0 Å². The van der Waals surface area contributed by atoms with E-state index in [-0.39, 0.29) is 5.78 Å². The molecule has 2 heteroatoms. The predicted octanol–water partition coefficient (Wildman–Crippen LogP) is 4.59. The first-order valence-electron chi connectivity index (χ1n) is 6.84. The SMILES string of the molecule is O=C(CC1CCCCC1)c1coc2ccccc12. The number of hydrogen-bond acceptors (Lipinski definition) is 2. The molecule has 0 N–H and O–H groups in total. The average molecular weight is 242 g/mol. The third-order valence-electron chi connectivity index (χ3n) is 3.98. The molecule has 0 aliphatic heterocycles. The summed E-state index contributed by atoms with van der Waals surface area (Å²) in [5, 5.41) is 0.957.